The van der Waals surface area contributed by atoms with Crippen LogP contribution in [0.5, 0.6) is 23.0 Å². The van der Waals surface area contributed by atoms with Crippen molar-refractivity contribution >= 4 is 21.8 Å². The Bertz CT molecular complexity index is 2460. The van der Waals surface area contributed by atoms with Crippen molar-refractivity contribution in [3.05, 3.63) is 150 Å². The number of rotatable bonds is 9. The van der Waals surface area contributed by atoms with E-state index in [1.54, 1.807) is 18.5 Å². The van der Waals surface area contributed by atoms with Gasteiger partial charge in [-0.15, -0.1) is 59.7 Å². The van der Waals surface area contributed by atoms with E-state index in [-0.39, 0.29) is 54.0 Å². The van der Waals surface area contributed by atoms with Crippen LogP contribution in [-0.4, -0.2) is 24.5 Å². The Balaban J connectivity index is 0.00000257. The Labute approximate surface area is 350 Å². The predicted molar refractivity (Wildman–Crippen MR) is 209 cm³/mol. The number of aryl methyl sites for hydroxylation is 2. The second-order valence-corrected chi connectivity index (χ2v) is 13.8. The number of aromatic nitrogens is 5. The van der Waals surface area contributed by atoms with Gasteiger partial charge in [0, 0.05) is 47.8 Å². The van der Waals surface area contributed by atoms with E-state index in [0.29, 0.717) is 28.9 Å². The fourth-order valence-electron chi connectivity index (χ4n) is 6.49. The van der Waals surface area contributed by atoms with Gasteiger partial charge in [0.05, 0.1) is 0 Å². The third-order valence-electron chi connectivity index (χ3n) is 9.22. The van der Waals surface area contributed by atoms with Gasteiger partial charge >= 0.3 is 42.1 Å². The first-order valence-electron chi connectivity index (χ1n) is 17.8. The molecule has 0 fully saturated rings. The molecule has 4 aromatic heterocycles. The van der Waals surface area contributed by atoms with Gasteiger partial charge in [-0.05, 0) is 43.4 Å². The number of hydrogen-bond acceptors (Lipinski definition) is 6. The molecule has 0 aliphatic heterocycles. The van der Waals surface area contributed by atoms with E-state index in [1.807, 2.05) is 53.4 Å². The normalized spacial score (nSPS) is 11.1. The maximum Gasteiger partial charge on any atom is 2.00 e. The second kappa shape index (κ2) is 16.8. The first kappa shape index (κ1) is 39.7. The van der Waals surface area contributed by atoms with Crippen molar-refractivity contribution in [3.8, 4) is 51.5 Å². The molecule has 0 spiro atoms. The van der Waals surface area contributed by atoms with Crippen LogP contribution in [0.2, 0.25) is 0 Å². The van der Waals surface area contributed by atoms with Gasteiger partial charge in [-0.2, -0.15) is 22.9 Å². The average Bonchev–Trinajstić information content (AvgIpc) is 3.47. The molecule has 0 saturated heterocycles. The van der Waals surface area contributed by atoms with E-state index in [2.05, 4.69) is 122 Å². The number of ether oxygens (including phenoxy) is 2. The molecule has 0 radical (unpaired) electrons. The van der Waals surface area contributed by atoms with Crippen LogP contribution < -0.4 is 9.47 Å². The molecule has 0 N–H and O–H groups in total. The van der Waals surface area contributed by atoms with E-state index in [0.717, 1.165) is 66.6 Å². The van der Waals surface area contributed by atoms with Crippen LogP contribution in [0.15, 0.2) is 104 Å². The van der Waals surface area contributed by atoms with Crippen LogP contribution in [0.4, 0.5) is 0 Å². The molecule has 278 valence electrons. The first-order valence-corrected chi connectivity index (χ1v) is 17.8. The molecule has 4 heterocycles. The van der Waals surface area contributed by atoms with Crippen molar-refractivity contribution in [1.29, 1.82) is 0 Å². The molecule has 8 aromatic rings. The quantitative estimate of drug-likeness (QED) is 0.134. The monoisotopic (exact) mass is 1080 g/mol. The van der Waals surface area contributed by atoms with E-state index in [1.165, 1.54) is 0 Å². The summed E-state index contributed by atoms with van der Waals surface area (Å²) in [5.41, 5.74) is 9.25. The smallest absolute Gasteiger partial charge is 0.503 e. The predicted octanol–water partition coefficient (Wildman–Crippen LogP) is 11.3. The topological polar surface area (TPSA) is 75.0 Å². The Morgan fingerprint density at radius 2 is 0.982 bits per heavy atom. The first-order chi connectivity index (χ1) is 25.7. The Morgan fingerprint density at radius 1 is 0.527 bits per heavy atom. The number of pyridine rings is 2. The molecule has 0 aliphatic carbocycles. The van der Waals surface area contributed by atoms with Gasteiger partial charge < -0.3 is 24.0 Å². The zero-order valence-electron chi connectivity index (χ0n) is 31.2. The van der Waals surface area contributed by atoms with E-state index < -0.39 is 0 Å². The van der Waals surface area contributed by atoms with Crippen LogP contribution in [0, 0.1) is 38.1 Å². The van der Waals surface area contributed by atoms with Crippen molar-refractivity contribution in [2.24, 2.45) is 0 Å². The molecule has 0 bridgehead atoms. The number of nitrogens with zero attached hydrogens (tertiary/aromatic N) is 5. The minimum atomic E-state index is 0. The summed E-state index contributed by atoms with van der Waals surface area (Å²) in [6.45, 7) is 12.7. The Hall–Kier alpha value is -4.96. The molecule has 0 amide bonds. The van der Waals surface area contributed by atoms with Gasteiger partial charge in [0.25, 0.3) is 0 Å². The molecule has 7 nitrogen and oxygen atoms in total. The van der Waals surface area contributed by atoms with Crippen LogP contribution in [0.25, 0.3) is 50.3 Å². The zero-order valence-corrected chi connectivity index (χ0v) is 35.7. The molecule has 8 rings (SSSR count). The van der Waals surface area contributed by atoms with Gasteiger partial charge in [0.15, 0.2) is 0 Å². The molecule has 9 heteroatoms. The van der Waals surface area contributed by atoms with Crippen molar-refractivity contribution in [3.63, 3.8) is 0 Å². The molecule has 0 saturated carbocycles. The van der Waals surface area contributed by atoms with Crippen LogP contribution in [0.3, 0.4) is 0 Å². The molecule has 0 unspecified atom stereocenters. The van der Waals surface area contributed by atoms with Crippen molar-refractivity contribution in [2.75, 3.05) is 0 Å². The van der Waals surface area contributed by atoms with Gasteiger partial charge in [0.2, 0.25) is 5.95 Å². The largest absolute Gasteiger partial charge is 2.00 e. The van der Waals surface area contributed by atoms with Crippen molar-refractivity contribution < 1.29 is 51.6 Å². The minimum absolute atomic E-state index is 0. The molecule has 55 heavy (non-hydrogen) atoms. The Kier molecular flexibility index (Phi) is 12.1. The second-order valence-electron chi connectivity index (χ2n) is 13.8. The standard InChI is InChI=1S/C46H37N5O2.2Pt/c1-28(2)36-12-8-32(40-22-30(5)16-20-47-40)24-44(36)52-34-10-14-38-39-15-11-35(27-43(39)51(42(38)26-34)46-49-18-7-19-50-46)53-45-25-33(9-13-37(45)29(3)4)41-23-31(6)17-21-48-41;;/h7-23,28-29H,1-6H3;;/q-4;2*+2. The van der Waals surface area contributed by atoms with E-state index in [9.17, 15) is 0 Å². The average molecular weight is 1080 g/mol. The summed E-state index contributed by atoms with van der Waals surface area (Å²) < 4.78 is 15.2. The van der Waals surface area contributed by atoms with Crippen molar-refractivity contribution in [1.82, 2.24) is 24.5 Å². The minimum Gasteiger partial charge on any atom is -0.503 e. The van der Waals surface area contributed by atoms with Gasteiger partial charge in [0.1, 0.15) is 0 Å². The van der Waals surface area contributed by atoms with Crippen LogP contribution in [-0.2, 0) is 42.1 Å². The number of hydrogen-bond donors (Lipinski definition) is 0. The molecule has 0 atom stereocenters. The summed E-state index contributed by atoms with van der Waals surface area (Å²) in [7, 11) is 0. The third kappa shape index (κ3) is 8.20. The fraction of sp³-hybridized carbons (Fsp3) is 0.174. The van der Waals surface area contributed by atoms with E-state index in [4.69, 9.17) is 9.47 Å². The molecular weight excluding hydrogens is 1040 g/mol. The fourth-order valence-corrected chi connectivity index (χ4v) is 6.49. The van der Waals surface area contributed by atoms with Crippen LogP contribution in [0.1, 0.15) is 61.8 Å². The number of benzene rings is 4. The summed E-state index contributed by atoms with van der Waals surface area (Å²) in [6, 6.07) is 40.2. The summed E-state index contributed by atoms with van der Waals surface area (Å²) in [4.78, 5) is 18.4. The van der Waals surface area contributed by atoms with Gasteiger partial charge in [-0.25, -0.2) is 9.97 Å². The maximum absolute atomic E-state index is 6.61. The van der Waals surface area contributed by atoms with Gasteiger partial charge in [-0.3, -0.25) is 0 Å². The van der Waals surface area contributed by atoms with E-state index >= 15 is 0 Å². The maximum atomic E-state index is 6.61. The summed E-state index contributed by atoms with van der Waals surface area (Å²) in [6.07, 6.45) is 7.08. The Morgan fingerprint density at radius 3 is 1.40 bits per heavy atom. The zero-order chi connectivity index (χ0) is 36.6. The summed E-state index contributed by atoms with van der Waals surface area (Å²) in [5, 5.41) is 1.91. The molecular formula is C46H37N5O2Pt2. The summed E-state index contributed by atoms with van der Waals surface area (Å²) in [5.74, 6) is 3.26. The summed E-state index contributed by atoms with van der Waals surface area (Å²) >= 11 is 0. The van der Waals surface area contributed by atoms with Crippen molar-refractivity contribution in [2.45, 2.75) is 53.4 Å². The van der Waals surface area contributed by atoms with Gasteiger partial charge in [-0.1, -0.05) is 97.1 Å². The molecule has 0 aliphatic rings. The number of fused-ring (bicyclic) bond motifs is 3. The van der Waals surface area contributed by atoms with Crippen LogP contribution >= 0.6 is 0 Å². The molecule has 4 aromatic carbocycles. The SMILES string of the molecule is Cc1ccnc(-c2[c-]c(Oc3[c-]c4c(cc3)c3ccc(Oc5[c-]c(-c6cc(C)ccn6)ccc5C(C)C)[c-]c3n4-c3ncccn3)c(C(C)C)cc2)c1.[Pt+2].[Pt+2]. The third-order valence-corrected chi connectivity index (χ3v) is 9.22.